The van der Waals surface area contributed by atoms with E-state index in [0.29, 0.717) is 13.2 Å². The van der Waals surface area contributed by atoms with E-state index < -0.39 is 0 Å². The van der Waals surface area contributed by atoms with Crippen LogP contribution < -0.4 is 0 Å². The Balaban J connectivity index is 0.00000191. The van der Waals surface area contributed by atoms with Crippen LogP contribution in [0, 0.1) is 17.0 Å². The molecule has 0 saturated carbocycles. The average Bonchev–Trinajstić information content (AvgIpc) is 2.49. The number of nitro benzene ring substituents is 1. The molecular formula is C17H25NO3. The number of nitro groups is 1. The lowest BCUT2D eigenvalue weighted by molar-refractivity contribution is -0.384. The summed E-state index contributed by atoms with van der Waals surface area (Å²) < 4.78 is 5.22. The highest BCUT2D eigenvalue weighted by molar-refractivity contribution is 5.67. The van der Waals surface area contributed by atoms with Crippen molar-refractivity contribution in [2.75, 3.05) is 13.2 Å². The van der Waals surface area contributed by atoms with Crippen LogP contribution in [0.25, 0.3) is 12.2 Å². The number of rotatable bonds is 6. The van der Waals surface area contributed by atoms with Gasteiger partial charge in [-0.2, -0.15) is 0 Å². The van der Waals surface area contributed by atoms with E-state index in [-0.39, 0.29) is 10.6 Å². The summed E-state index contributed by atoms with van der Waals surface area (Å²) >= 11 is 0. The van der Waals surface area contributed by atoms with Gasteiger partial charge in [-0.05, 0) is 37.5 Å². The summed E-state index contributed by atoms with van der Waals surface area (Å²) in [5.74, 6) is 0. The second kappa shape index (κ2) is 10.8. The quantitative estimate of drug-likeness (QED) is 0.420. The van der Waals surface area contributed by atoms with E-state index in [0.717, 1.165) is 16.7 Å². The summed E-state index contributed by atoms with van der Waals surface area (Å²) in [4.78, 5) is 10.6. The first-order valence-corrected chi connectivity index (χ1v) is 7.26. The summed E-state index contributed by atoms with van der Waals surface area (Å²) in [6.07, 6.45) is 7.49. The number of nitrogens with zero attached hydrogens (tertiary/aromatic N) is 1. The van der Waals surface area contributed by atoms with Crippen LogP contribution >= 0.6 is 0 Å². The maximum absolute atomic E-state index is 10.9. The zero-order chi connectivity index (χ0) is 16.3. The predicted molar refractivity (Wildman–Crippen MR) is 89.4 cm³/mol. The maximum atomic E-state index is 10.9. The molecule has 116 valence electrons. The number of hydrogen-bond acceptors (Lipinski definition) is 3. The second-order valence-electron chi connectivity index (χ2n) is 4.07. The van der Waals surface area contributed by atoms with Crippen LogP contribution in [-0.4, -0.2) is 18.1 Å². The average molecular weight is 291 g/mol. The number of ether oxygens (including phenoxy) is 1. The summed E-state index contributed by atoms with van der Waals surface area (Å²) in [5.41, 5.74) is 2.85. The lowest BCUT2D eigenvalue weighted by Crippen LogP contribution is -1.94. The highest BCUT2D eigenvalue weighted by Gasteiger charge is 2.10. The maximum Gasteiger partial charge on any atom is 0.270 e. The van der Waals surface area contributed by atoms with Gasteiger partial charge in [-0.15, -0.1) is 0 Å². The molecule has 4 heteroatoms. The minimum Gasteiger partial charge on any atom is -0.378 e. The third-order valence-electron chi connectivity index (χ3n) is 2.75. The van der Waals surface area contributed by atoms with Crippen LogP contribution in [0.3, 0.4) is 0 Å². The van der Waals surface area contributed by atoms with Gasteiger partial charge in [0.1, 0.15) is 0 Å². The van der Waals surface area contributed by atoms with Crippen molar-refractivity contribution in [2.24, 2.45) is 0 Å². The molecule has 0 amide bonds. The van der Waals surface area contributed by atoms with Gasteiger partial charge >= 0.3 is 0 Å². The molecule has 0 unspecified atom stereocenters. The molecule has 0 aromatic heterocycles. The molecule has 0 radical (unpaired) electrons. The molecule has 0 aliphatic rings. The third kappa shape index (κ3) is 6.36. The minimum atomic E-state index is -0.369. The van der Waals surface area contributed by atoms with Crippen molar-refractivity contribution in [3.8, 4) is 0 Å². The summed E-state index contributed by atoms with van der Waals surface area (Å²) in [6, 6.07) is 3.18. The van der Waals surface area contributed by atoms with Crippen molar-refractivity contribution in [2.45, 2.75) is 34.6 Å². The molecule has 1 rings (SSSR count). The molecule has 0 fully saturated rings. The van der Waals surface area contributed by atoms with Gasteiger partial charge in [-0.3, -0.25) is 10.1 Å². The lowest BCUT2D eigenvalue weighted by atomic mass is 10.0. The van der Waals surface area contributed by atoms with Crippen molar-refractivity contribution in [3.63, 3.8) is 0 Å². The zero-order valence-corrected chi connectivity index (χ0v) is 13.6. The van der Waals surface area contributed by atoms with E-state index in [2.05, 4.69) is 0 Å². The number of benzene rings is 1. The van der Waals surface area contributed by atoms with Crippen LogP contribution in [0.2, 0.25) is 0 Å². The van der Waals surface area contributed by atoms with Crippen LogP contribution in [0.5, 0.6) is 0 Å². The highest BCUT2D eigenvalue weighted by atomic mass is 16.6. The molecule has 21 heavy (non-hydrogen) atoms. The number of hydrogen-bond donors (Lipinski definition) is 0. The van der Waals surface area contributed by atoms with E-state index >= 15 is 0 Å². The van der Waals surface area contributed by atoms with Gasteiger partial charge in [0, 0.05) is 18.7 Å². The smallest absolute Gasteiger partial charge is 0.270 e. The Bertz CT molecular complexity index is 505. The van der Waals surface area contributed by atoms with E-state index in [9.17, 15) is 10.1 Å². The fourth-order valence-electron chi connectivity index (χ4n) is 1.74. The van der Waals surface area contributed by atoms with Gasteiger partial charge in [0.2, 0.25) is 0 Å². The van der Waals surface area contributed by atoms with E-state index in [1.807, 2.05) is 58.9 Å². The summed E-state index contributed by atoms with van der Waals surface area (Å²) in [6.45, 7) is 10.9. The molecule has 0 bridgehead atoms. The Kier molecular flexibility index (Phi) is 9.80. The van der Waals surface area contributed by atoms with Gasteiger partial charge in [0.25, 0.3) is 5.69 Å². The van der Waals surface area contributed by atoms with Crippen molar-refractivity contribution in [1.82, 2.24) is 0 Å². The molecule has 0 saturated heterocycles. The van der Waals surface area contributed by atoms with Gasteiger partial charge in [0.15, 0.2) is 0 Å². The Hall–Kier alpha value is -1.94. The predicted octanol–water partition coefficient (Wildman–Crippen LogP) is 5.01. The van der Waals surface area contributed by atoms with Crippen LogP contribution in [0.15, 0.2) is 24.3 Å². The normalized spacial score (nSPS) is 10.7. The van der Waals surface area contributed by atoms with Gasteiger partial charge < -0.3 is 4.74 Å². The van der Waals surface area contributed by atoms with Crippen LogP contribution in [0.1, 0.15) is 44.4 Å². The van der Waals surface area contributed by atoms with Crippen LogP contribution in [-0.2, 0) is 4.74 Å². The van der Waals surface area contributed by atoms with Gasteiger partial charge in [0.05, 0.1) is 11.5 Å². The van der Waals surface area contributed by atoms with Gasteiger partial charge in [-0.25, -0.2) is 0 Å². The molecule has 1 aromatic carbocycles. The molecule has 0 N–H and O–H groups in total. The molecule has 1 aromatic rings. The monoisotopic (exact) mass is 291 g/mol. The first-order chi connectivity index (χ1) is 10.1. The molecular weight excluding hydrogens is 266 g/mol. The lowest BCUT2D eigenvalue weighted by Gasteiger charge is -2.06. The Labute approximate surface area is 127 Å². The molecule has 0 aliphatic heterocycles. The Morgan fingerprint density at radius 2 is 1.81 bits per heavy atom. The van der Waals surface area contributed by atoms with Crippen molar-refractivity contribution < 1.29 is 9.66 Å². The number of allylic oxidation sites excluding steroid dienone is 1. The first kappa shape index (κ1) is 19.1. The zero-order valence-electron chi connectivity index (χ0n) is 13.6. The van der Waals surface area contributed by atoms with E-state index in [1.165, 1.54) is 0 Å². The number of non-ortho nitro benzene ring substituents is 1. The minimum absolute atomic E-state index is 0.106. The summed E-state index contributed by atoms with van der Waals surface area (Å²) in [7, 11) is 0. The largest absolute Gasteiger partial charge is 0.378 e. The molecule has 0 heterocycles. The first-order valence-electron chi connectivity index (χ1n) is 7.26. The molecule has 0 atom stereocenters. The molecule has 0 aliphatic carbocycles. The topological polar surface area (TPSA) is 52.4 Å². The fraction of sp³-hybridized carbons (Fsp3) is 0.412. The van der Waals surface area contributed by atoms with E-state index in [4.69, 9.17) is 4.74 Å². The van der Waals surface area contributed by atoms with Gasteiger partial charge in [-0.1, -0.05) is 38.2 Å². The third-order valence-corrected chi connectivity index (χ3v) is 2.75. The summed E-state index contributed by atoms with van der Waals surface area (Å²) in [5, 5.41) is 10.9. The van der Waals surface area contributed by atoms with E-state index in [1.54, 1.807) is 12.1 Å². The molecule has 0 spiro atoms. The fourth-order valence-corrected chi connectivity index (χ4v) is 1.74. The SMILES string of the molecule is C/C=C\c1cc([N+](=O)[O-])cc(/C=C/COCC)c1C.CC. The highest BCUT2D eigenvalue weighted by Crippen LogP contribution is 2.24. The second-order valence-corrected chi connectivity index (χ2v) is 4.07. The van der Waals surface area contributed by atoms with Crippen LogP contribution in [0.4, 0.5) is 5.69 Å². The Morgan fingerprint density at radius 1 is 1.24 bits per heavy atom. The molecule has 4 nitrogen and oxygen atoms in total. The standard InChI is InChI=1S/C15H19NO3.C2H6/c1-4-7-13-10-15(16(17)18)11-14(12(13)3)8-6-9-19-5-2;1-2/h4,6-8,10-11H,5,9H2,1-3H3;1-2H3/b7-4-,8-6+;. The van der Waals surface area contributed by atoms with Crippen molar-refractivity contribution >= 4 is 17.8 Å². The van der Waals surface area contributed by atoms with Crippen molar-refractivity contribution in [3.05, 3.63) is 51.1 Å². The van der Waals surface area contributed by atoms with Crippen molar-refractivity contribution in [1.29, 1.82) is 0 Å². The Morgan fingerprint density at radius 3 is 2.29 bits per heavy atom.